The molecular formula is C14H13F3N2O. The van der Waals surface area contributed by atoms with E-state index in [9.17, 15) is 13.2 Å². The topological polar surface area (TPSA) is 34.1 Å². The number of benzene rings is 1. The van der Waals surface area contributed by atoms with Crippen LogP contribution < -0.4 is 10.1 Å². The minimum atomic E-state index is -2.84. The van der Waals surface area contributed by atoms with Crippen LogP contribution in [-0.2, 0) is 0 Å². The van der Waals surface area contributed by atoms with E-state index in [2.05, 4.69) is 15.0 Å². The lowest BCUT2D eigenvalue weighted by Crippen LogP contribution is -2.07. The Morgan fingerprint density at radius 2 is 1.85 bits per heavy atom. The number of rotatable bonds is 5. The lowest BCUT2D eigenvalue weighted by Gasteiger charge is -2.15. The van der Waals surface area contributed by atoms with Gasteiger partial charge >= 0.3 is 6.61 Å². The van der Waals surface area contributed by atoms with Crippen molar-refractivity contribution in [3.63, 3.8) is 0 Å². The van der Waals surface area contributed by atoms with Gasteiger partial charge < -0.3 is 10.1 Å². The molecule has 106 valence electrons. The molecular weight excluding hydrogens is 269 g/mol. The molecule has 1 aromatic carbocycles. The van der Waals surface area contributed by atoms with Gasteiger partial charge in [0.2, 0.25) is 0 Å². The second kappa shape index (κ2) is 6.27. The molecule has 2 aromatic rings. The molecule has 3 nitrogen and oxygen atoms in total. The summed E-state index contributed by atoms with van der Waals surface area (Å²) in [5.41, 5.74) is 1.40. The van der Waals surface area contributed by atoms with Crippen molar-refractivity contribution in [1.82, 2.24) is 4.98 Å². The third-order valence-electron chi connectivity index (χ3n) is 2.69. The molecule has 0 aliphatic heterocycles. The predicted octanol–water partition coefficient (Wildman–Crippen LogP) is 4.00. The van der Waals surface area contributed by atoms with Gasteiger partial charge in [0, 0.05) is 11.9 Å². The Labute approximate surface area is 114 Å². The van der Waals surface area contributed by atoms with Crippen molar-refractivity contribution in [2.45, 2.75) is 19.6 Å². The Morgan fingerprint density at radius 3 is 2.45 bits per heavy atom. The monoisotopic (exact) mass is 282 g/mol. The highest BCUT2D eigenvalue weighted by Gasteiger charge is 2.08. The van der Waals surface area contributed by atoms with Crippen molar-refractivity contribution in [2.75, 3.05) is 5.32 Å². The number of nitrogens with one attached hydrogen (secondary N) is 1. The van der Waals surface area contributed by atoms with Crippen LogP contribution in [0.4, 0.5) is 18.9 Å². The second-order valence-electron chi connectivity index (χ2n) is 4.21. The largest absolute Gasteiger partial charge is 0.435 e. The Hall–Kier alpha value is -2.24. The van der Waals surface area contributed by atoms with Crippen LogP contribution in [0.2, 0.25) is 0 Å². The van der Waals surface area contributed by atoms with Gasteiger partial charge in [0.05, 0.1) is 12.2 Å². The smallest absolute Gasteiger partial charge is 0.387 e. The number of ether oxygens (including phenoxy) is 1. The van der Waals surface area contributed by atoms with Crippen LogP contribution in [0.25, 0.3) is 0 Å². The van der Waals surface area contributed by atoms with E-state index < -0.39 is 12.4 Å². The fourth-order valence-electron chi connectivity index (χ4n) is 1.73. The number of halogens is 3. The molecule has 1 atom stereocenters. The van der Waals surface area contributed by atoms with Gasteiger partial charge in [-0.15, -0.1) is 0 Å². The van der Waals surface area contributed by atoms with E-state index in [-0.39, 0.29) is 11.8 Å². The van der Waals surface area contributed by atoms with Crippen LogP contribution in [0, 0.1) is 5.82 Å². The lowest BCUT2D eigenvalue weighted by atomic mass is 10.1. The summed E-state index contributed by atoms with van der Waals surface area (Å²) in [7, 11) is 0. The molecule has 1 unspecified atom stereocenters. The average Bonchev–Trinajstić information content (AvgIpc) is 2.40. The van der Waals surface area contributed by atoms with Crippen LogP contribution in [0.3, 0.4) is 0 Å². The van der Waals surface area contributed by atoms with E-state index >= 15 is 0 Å². The van der Waals surface area contributed by atoms with Crippen molar-refractivity contribution >= 4 is 5.69 Å². The molecule has 2 rings (SSSR count). The van der Waals surface area contributed by atoms with Gasteiger partial charge in [-0.2, -0.15) is 8.78 Å². The van der Waals surface area contributed by atoms with Crippen LogP contribution in [-0.4, -0.2) is 11.6 Å². The zero-order valence-corrected chi connectivity index (χ0v) is 10.7. The molecule has 0 aliphatic carbocycles. The van der Waals surface area contributed by atoms with Crippen LogP contribution in [0.1, 0.15) is 18.5 Å². The molecule has 1 N–H and O–H groups in total. The molecule has 0 spiro atoms. The lowest BCUT2D eigenvalue weighted by molar-refractivity contribution is -0.0498. The number of anilines is 1. The molecule has 0 aliphatic rings. The van der Waals surface area contributed by atoms with Crippen LogP contribution in [0.15, 0.2) is 42.7 Å². The van der Waals surface area contributed by atoms with Crippen molar-refractivity contribution in [1.29, 1.82) is 0 Å². The van der Waals surface area contributed by atoms with Crippen molar-refractivity contribution in [3.8, 4) is 5.75 Å². The Kier molecular flexibility index (Phi) is 4.45. The number of alkyl halides is 2. The summed E-state index contributed by atoms with van der Waals surface area (Å²) in [5, 5.41) is 3.12. The van der Waals surface area contributed by atoms with E-state index in [0.717, 1.165) is 6.20 Å². The van der Waals surface area contributed by atoms with Gasteiger partial charge in [0.1, 0.15) is 11.6 Å². The van der Waals surface area contributed by atoms with Gasteiger partial charge in [-0.1, -0.05) is 0 Å². The highest BCUT2D eigenvalue weighted by Crippen LogP contribution is 2.22. The van der Waals surface area contributed by atoms with Gasteiger partial charge in [-0.25, -0.2) is 4.39 Å². The van der Waals surface area contributed by atoms with Gasteiger partial charge in [0.15, 0.2) is 0 Å². The Bertz CT molecular complexity index is 561. The molecule has 0 amide bonds. The number of hydrogen-bond acceptors (Lipinski definition) is 3. The Balaban J connectivity index is 2.02. The molecule has 0 bridgehead atoms. The van der Waals surface area contributed by atoms with E-state index in [4.69, 9.17) is 0 Å². The van der Waals surface area contributed by atoms with E-state index in [0.29, 0.717) is 11.3 Å². The summed E-state index contributed by atoms with van der Waals surface area (Å²) < 4.78 is 41.3. The minimum Gasteiger partial charge on any atom is -0.435 e. The standard InChI is InChI=1S/C14H13F3N2O/c1-9(10-6-11(15)8-18-7-10)19-12-2-4-13(5-3-12)20-14(16)17/h2-9,14,19H,1H3. The van der Waals surface area contributed by atoms with Gasteiger partial charge in [-0.3, -0.25) is 4.98 Å². The summed E-state index contributed by atoms with van der Waals surface area (Å²) in [5.74, 6) is -0.317. The summed E-state index contributed by atoms with van der Waals surface area (Å²) in [6.07, 6.45) is 2.70. The molecule has 0 saturated heterocycles. The highest BCUT2D eigenvalue weighted by atomic mass is 19.3. The molecule has 1 heterocycles. The highest BCUT2D eigenvalue weighted by molar-refractivity contribution is 5.48. The van der Waals surface area contributed by atoms with Crippen LogP contribution in [0.5, 0.6) is 5.75 Å². The van der Waals surface area contributed by atoms with Crippen molar-refractivity contribution in [2.24, 2.45) is 0 Å². The first-order valence-electron chi connectivity index (χ1n) is 5.96. The van der Waals surface area contributed by atoms with Crippen molar-refractivity contribution in [3.05, 3.63) is 54.1 Å². The maximum Gasteiger partial charge on any atom is 0.387 e. The molecule has 0 saturated carbocycles. The fourth-order valence-corrected chi connectivity index (χ4v) is 1.73. The third kappa shape index (κ3) is 3.88. The number of pyridine rings is 1. The zero-order valence-electron chi connectivity index (χ0n) is 10.7. The van der Waals surface area contributed by atoms with E-state index in [1.165, 1.54) is 18.2 Å². The Morgan fingerprint density at radius 1 is 1.15 bits per heavy atom. The third-order valence-corrected chi connectivity index (χ3v) is 2.69. The first-order valence-corrected chi connectivity index (χ1v) is 5.96. The SMILES string of the molecule is CC(Nc1ccc(OC(F)F)cc1)c1cncc(F)c1. The fraction of sp³-hybridized carbons (Fsp3) is 0.214. The maximum absolute atomic E-state index is 13.1. The quantitative estimate of drug-likeness (QED) is 0.900. The van der Waals surface area contributed by atoms with Gasteiger partial charge in [0.25, 0.3) is 0 Å². The molecule has 0 radical (unpaired) electrons. The average molecular weight is 282 g/mol. The second-order valence-corrected chi connectivity index (χ2v) is 4.21. The normalized spacial score (nSPS) is 12.2. The van der Waals surface area contributed by atoms with Gasteiger partial charge in [-0.05, 0) is 42.8 Å². The zero-order chi connectivity index (χ0) is 14.5. The van der Waals surface area contributed by atoms with Crippen molar-refractivity contribution < 1.29 is 17.9 Å². The summed E-state index contributed by atoms with van der Waals surface area (Å²) in [6.45, 7) is -0.994. The summed E-state index contributed by atoms with van der Waals surface area (Å²) in [4.78, 5) is 3.78. The predicted molar refractivity (Wildman–Crippen MR) is 69.3 cm³/mol. The minimum absolute atomic E-state index is 0.0885. The summed E-state index contributed by atoms with van der Waals surface area (Å²) in [6, 6.07) is 7.32. The van der Waals surface area contributed by atoms with E-state index in [1.807, 2.05) is 6.92 Å². The number of nitrogens with zero attached hydrogens (tertiary/aromatic N) is 1. The molecule has 0 fully saturated rings. The van der Waals surface area contributed by atoms with Crippen LogP contribution >= 0.6 is 0 Å². The number of hydrogen-bond donors (Lipinski definition) is 1. The molecule has 20 heavy (non-hydrogen) atoms. The first kappa shape index (κ1) is 14.2. The number of aromatic nitrogens is 1. The molecule has 1 aromatic heterocycles. The van der Waals surface area contributed by atoms with E-state index in [1.54, 1.807) is 18.3 Å². The summed E-state index contributed by atoms with van der Waals surface area (Å²) >= 11 is 0. The maximum atomic E-state index is 13.1. The first-order chi connectivity index (χ1) is 9.54. The molecule has 6 heteroatoms.